The third-order valence-corrected chi connectivity index (χ3v) is 5.41. The highest BCUT2D eigenvalue weighted by Gasteiger charge is 2.53. The minimum atomic E-state index is -4.65. The second-order valence-corrected chi connectivity index (χ2v) is 7.33. The lowest BCUT2D eigenvalue weighted by atomic mass is 10.1. The highest BCUT2D eigenvalue weighted by atomic mass is 31.2. The van der Waals surface area contributed by atoms with Gasteiger partial charge in [-0.15, -0.1) is 0 Å². The minimum absolute atomic E-state index is 0.0696. The SMILES string of the molecule is COP(=O)(OC)C(F)(F)c1ccc(C(=O)OCc2ccccc2)cc1. The van der Waals surface area contributed by atoms with Gasteiger partial charge in [0.15, 0.2) is 0 Å². The molecule has 0 atom stereocenters. The van der Waals surface area contributed by atoms with Crippen molar-refractivity contribution in [2.45, 2.75) is 12.3 Å². The van der Waals surface area contributed by atoms with E-state index < -0.39 is 24.8 Å². The Hall–Kier alpha value is -2.08. The second kappa shape index (κ2) is 7.87. The largest absolute Gasteiger partial charge is 0.457 e. The molecular weight excluding hydrogens is 353 g/mol. The highest BCUT2D eigenvalue weighted by Crippen LogP contribution is 2.65. The first-order valence-electron chi connectivity index (χ1n) is 7.25. The van der Waals surface area contributed by atoms with E-state index in [9.17, 15) is 18.1 Å². The molecule has 5 nitrogen and oxygen atoms in total. The molecule has 0 heterocycles. The molecule has 0 unspecified atom stereocenters. The summed E-state index contributed by atoms with van der Waals surface area (Å²) in [7, 11) is -2.88. The molecule has 0 aliphatic rings. The second-order valence-electron chi connectivity index (χ2n) is 5.04. The van der Waals surface area contributed by atoms with E-state index in [0.29, 0.717) is 0 Å². The van der Waals surface area contributed by atoms with Crippen LogP contribution in [0.5, 0.6) is 0 Å². The molecule has 0 aliphatic heterocycles. The predicted octanol–water partition coefficient (Wildman–Crippen LogP) is 4.58. The third kappa shape index (κ3) is 4.12. The number of rotatable bonds is 7. The van der Waals surface area contributed by atoms with Crippen LogP contribution in [0.1, 0.15) is 21.5 Å². The Morgan fingerprint density at radius 2 is 1.56 bits per heavy atom. The number of alkyl halides is 2. The van der Waals surface area contributed by atoms with Gasteiger partial charge in [0.05, 0.1) is 5.56 Å². The van der Waals surface area contributed by atoms with Crippen LogP contribution in [0.15, 0.2) is 54.6 Å². The maximum atomic E-state index is 14.3. The Morgan fingerprint density at radius 1 is 1.00 bits per heavy atom. The van der Waals surface area contributed by atoms with Crippen molar-refractivity contribution in [1.82, 2.24) is 0 Å². The van der Waals surface area contributed by atoms with E-state index in [-0.39, 0.29) is 12.2 Å². The van der Waals surface area contributed by atoms with Gasteiger partial charge in [0.2, 0.25) is 0 Å². The maximum absolute atomic E-state index is 14.3. The van der Waals surface area contributed by atoms with E-state index >= 15 is 0 Å². The van der Waals surface area contributed by atoms with Gasteiger partial charge in [0.25, 0.3) is 0 Å². The smallest absolute Gasteiger partial charge is 0.403 e. The fourth-order valence-electron chi connectivity index (χ4n) is 2.08. The van der Waals surface area contributed by atoms with Crippen molar-refractivity contribution in [3.8, 4) is 0 Å². The molecule has 2 aromatic carbocycles. The lowest BCUT2D eigenvalue weighted by molar-refractivity contribution is 0.0445. The third-order valence-electron chi connectivity index (χ3n) is 3.51. The van der Waals surface area contributed by atoms with Gasteiger partial charge < -0.3 is 13.8 Å². The number of carbonyl (C=O) groups excluding carboxylic acids is 1. The van der Waals surface area contributed by atoms with Gasteiger partial charge in [-0.2, -0.15) is 8.78 Å². The quantitative estimate of drug-likeness (QED) is 0.527. The monoisotopic (exact) mass is 370 g/mol. The number of halogens is 2. The van der Waals surface area contributed by atoms with Gasteiger partial charge in [-0.05, 0) is 17.7 Å². The summed E-state index contributed by atoms with van der Waals surface area (Å²) in [6.45, 7) is 0.0696. The molecule has 0 saturated heterocycles. The zero-order valence-electron chi connectivity index (χ0n) is 13.6. The average Bonchev–Trinajstić information content (AvgIpc) is 2.66. The topological polar surface area (TPSA) is 61.8 Å². The van der Waals surface area contributed by atoms with Crippen LogP contribution >= 0.6 is 7.60 Å². The van der Waals surface area contributed by atoms with Gasteiger partial charge in [-0.1, -0.05) is 42.5 Å². The van der Waals surface area contributed by atoms with Gasteiger partial charge in [-0.25, -0.2) is 4.79 Å². The Labute approximate surface area is 144 Å². The number of esters is 1. The summed E-state index contributed by atoms with van der Waals surface area (Å²) in [6, 6.07) is 13.4. The molecule has 25 heavy (non-hydrogen) atoms. The first-order chi connectivity index (χ1) is 11.8. The van der Waals surface area contributed by atoms with Crippen LogP contribution in [0.2, 0.25) is 0 Å². The molecule has 0 spiro atoms. The molecule has 0 fully saturated rings. The van der Waals surface area contributed by atoms with Crippen LogP contribution in [-0.4, -0.2) is 20.2 Å². The zero-order chi connectivity index (χ0) is 18.5. The van der Waals surface area contributed by atoms with E-state index in [1.165, 1.54) is 12.1 Å². The minimum Gasteiger partial charge on any atom is -0.457 e. The Bertz CT molecular complexity index is 754. The number of hydrogen-bond acceptors (Lipinski definition) is 5. The number of benzene rings is 2. The number of hydrogen-bond donors (Lipinski definition) is 0. The molecule has 134 valence electrons. The number of ether oxygens (including phenoxy) is 1. The van der Waals surface area contributed by atoms with E-state index in [1.807, 2.05) is 18.2 Å². The first-order valence-corrected chi connectivity index (χ1v) is 8.79. The summed E-state index contributed by atoms with van der Waals surface area (Å²) in [5.41, 5.74) is -3.53. The van der Waals surface area contributed by atoms with E-state index in [0.717, 1.165) is 31.9 Å². The molecule has 8 heteroatoms. The van der Waals surface area contributed by atoms with Crippen LogP contribution in [0.25, 0.3) is 0 Å². The zero-order valence-corrected chi connectivity index (χ0v) is 14.5. The molecule has 0 radical (unpaired) electrons. The lowest BCUT2D eigenvalue weighted by Gasteiger charge is -2.23. The normalized spacial score (nSPS) is 12.0. The standard InChI is InChI=1S/C17H17F2O5P/c1-22-25(21,23-2)17(18,19)15-10-8-14(9-11-15)16(20)24-12-13-6-4-3-5-7-13/h3-11H,12H2,1-2H3. The average molecular weight is 370 g/mol. The summed E-state index contributed by atoms with van der Waals surface area (Å²) in [5.74, 6) is -0.652. The predicted molar refractivity (Wildman–Crippen MR) is 87.5 cm³/mol. The molecule has 0 bridgehead atoms. The van der Waals surface area contributed by atoms with Crippen molar-refractivity contribution < 1.29 is 31.9 Å². The van der Waals surface area contributed by atoms with E-state index in [4.69, 9.17) is 4.74 Å². The highest BCUT2D eigenvalue weighted by molar-refractivity contribution is 7.54. The molecule has 2 rings (SSSR count). The van der Waals surface area contributed by atoms with Crippen molar-refractivity contribution in [3.05, 3.63) is 71.3 Å². The van der Waals surface area contributed by atoms with Crippen LogP contribution in [-0.2, 0) is 30.6 Å². The van der Waals surface area contributed by atoms with Crippen molar-refractivity contribution in [1.29, 1.82) is 0 Å². The van der Waals surface area contributed by atoms with Crippen LogP contribution < -0.4 is 0 Å². The summed E-state index contributed by atoms with van der Waals surface area (Å²) >= 11 is 0. The van der Waals surface area contributed by atoms with Crippen molar-refractivity contribution in [2.75, 3.05) is 14.2 Å². The molecule has 0 aliphatic carbocycles. The molecule has 0 N–H and O–H groups in total. The Morgan fingerprint density at radius 3 is 2.08 bits per heavy atom. The van der Waals surface area contributed by atoms with Gasteiger partial charge in [0.1, 0.15) is 6.61 Å². The molecule has 0 aromatic heterocycles. The fraction of sp³-hybridized carbons (Fsp3) is 0.235. The van der Waals surface area contributed by atoms with E-state index in [2.05, 4.69) is 9.05 Å². The number of carbonyl (C=O) groups is 1. The summed E-state index contributed by atoms with van der Waals surface area (Å²) < 4.78 is 54.4. The molecule has 0 saturated carbocycles. The van der Waals surface area contributed by atoms with Gasteiger partial charge >= 0.3 is 19.2 Å². The lowest BCUT2D eigenvalue weighted by Crippen LogP contribution is -2.16. The first kappa shape index (κ1) is 19.2. The van der Waals surface area contributed by atoms with Crippen LogP contribution in [0, 0.1) is 0 Å². The Kier molecular flexibility index (Phi) is 6.06. The van der Waals surface area contributed by atoms with Gasteiger partial charge in [0, 0.05) is 19.8 Å². The van der Waals surface area contributed by atoms with Crippen LogP contribution in [0.4, 0.5) is 8.78 Å². The molecule has 0 amide bonds. The van der Waals surface area contributed by atoms with Crippen LogP contribution in [0.3, 0.4) is 0 Å². The summed E-state index contributed by atoms with van der Waals surface area (Å²) in [6.07, 6.45) is 0. The fourth-order valence-corrected chi connectivity index (χ4v) is 3.15. The van der Waals surface area contributed by atoms with E-state index in [1.54, 1.807) is 12.1 Å². The van der Waals surface area contributed by atoms with Crippen molar-refractivity contribution in [3.63, 3.8) is 0 Å². The van der Waals surface area contributed by atoms with Gasteiger partial charge in [-0.3, -0.25) is 4.57 Å². The molecule has 2 aromatic rings. The Balaban J connectivity index is 2.11. The van der Waals surface area contributed by atoms with Crippen molar-refractivity contribution in [2.24, 2.45) is 0 Å². The summed E-state index contributed by atoms with van der Waals surface area (Å²) in [5, 5.41) is 0. The maximum Gasteiger partial charge on any atom is 0.403 e. The van der Waals surface area contributed by atoms with Crippen molar-refractivity contribution >= 4 is 13.6 Å². The molecular formula is C17H17F2O5P. The summed E-state index contributed by atoms with van der Waals surface area (Å²) in [4.78, 5) is 12.0.